The highest BCUT2D eigenvalue weighted by Gasteiger charge is 2.13. The molecule has 22 heavy (non-hydrogen) atoms. The molecule has 0 saturated heterocycles. The van der Waals surface area contributed by atoms with E-state index in [1.165, 1.54) is 30.5 Å². The van der Waals surface area contributed by atoms with Crippen LogP contribution in [0.1, 0.15) is 0 Å². The second-order valence-electron chi connectivity index (χ2n) is 4.66. The van der Waals surface area contributed by atoms with Crippen molar-refractivity contribution >= 4 is 21.1 Å². The lowest BCUT2D eigenvalue weighted by Gasteiger charge is -2.09. The highest BCUT2D eigenvalue weighted by Crippen LogP contribution is 2.27. The zero-order valence-electron chi connectivity index (χ0n) is 11.2. The standard InChI is InChI=1S/C14H11N3O4S/c15-22(20,21)10-4-1-3-9(7-10)12-8-13(18)17(19)14-11(12)5-2-6-16-14/h1-8,19H,(H2,15,20,21). The van der Waals surface area contributed by atoms with Gasteiger partial charge in [0.05, 0.1) is 4.90 Å². The third-order valence-corrected chi connectivity index (χ3v) is 4.14. The Bertz CT molecular complexity index is 1040. The van der Waals surface area contributed by atoms with Gasteiger partial charge < -0.3 is 5.21 Å². The molecule has 3 aromatic rings. The van der Waals surface area contributed by atoms with Gasteiger partial charge in [0, 0.05) is 17.6 Å². The summed E-state index contributed by atoms with van der Waals surface area (Å²) >= 11 is 0. The number of sulfonamides is 1. The van der Waals surface area contributed by atoms with Gasteiger partial charge in [-0.2, -0.15) is 0 Å². The lowest BCUT2D eigenvalue weighted by atomic mass is 10.0. The predicted octanol–water partition coefficient (Wildman–Crippen LogP) is 0.948. The molecular weight excluding hydrogens is 306 g/mol. The molecule has 0 spiro atoms. The molecule has 3 N–H and O–H groups in total. The van der Waals surface area contributed by atoms with Gasteiger partial charge in [0.1, 0.15) is 0 Å². The number of nitrogens with zero attached hydrogens (tertiary/aromatic N) is 2. The van der Waals surface area contributed by atoms with E-state index in [1.807, 2.05) is 0 Å². The highest BCUT2D eigenvalue weighted by atomic mass is 32.2. The molecule has 8 heteroatoms. The van der Waals surface area contributed by atoms with Gasteiger partial charge in [-0.3, -0.25) is 4.79 Å². The van der Waals surface area contributed by atoms with Gasteiger partial charge in [-0.05, 0) is 35.4 Å². The zero-order chi connectivity index (χ0) is 15.9. The number of aromatic nitrogens is 2. The molecule has 0 amide bonds. The Balaban J connectivity index is 2.37. The third-order valence-electron chi connectivity index (χ3n) is 3.23. The molecule has 0 unspecified atom stereocenters. The van der Waals surface area contributed by atoms with E-state index in [0.29, 0.717) is 21.2 Å². The number of rotatable bonds is 2. The van der Waals surface area contributed by atoms with Crippen LogP contribution in [0.4, 0.5) is 0 Å². The van der Waals surface area contributed by atoms with Crippen molar-refractivity contribution in [1.82, 2.24) is 9.71 Å². The van der Waals surface area contributed by atoms with E-state index in [2.05, 4.69) is 4.98 Å². The largest absolute Gasteiger partial charge is 0.423 e. The van der Waals surface area contributed by atoms with Crippen molar-refractivity contribution in [3.63, 3.8) is 0 Å². The number of hydrogen-bond acceptors (Lipinski definition) is 5. The summed E-state index contributed by atoms with van der Waals surface area (Å²) in [5, 5.41) is 15.4. The van der Waals surface area contributed by atoms with Gasteiger partial charge >= 0.3 is 0 Å². The summed E-state index contributed by atoms with van der Waals surface area (Å²) < 4.78 is 23.4. The van der Waals surface area contributed by atoms with Crippen molar-refractivity contribution in [3.05, 3.63) is 59.0 Å². The van der Waals surface area contributed by atoms with E-state index in [0.717, 1.165) is 0 Å². The summed E-state index contributed by atoms with van der Waals surface area (Å²) in [4.78, 5) is 15.7. The van der Waals surface area contributed by atoms with E-state index >= 15 is 0 Å². The first kappa shape index (κ1) is 14.2. The Morgan fingerprint density at radius 2 is 1.91 bits per heavy atom. The van der Waals surface area contributed by atoms with Gasteiger partial charge in [0.15, 0.2) is 5.65 Å². The predicted molar refractivity (Wildman–Crippen MR) is 80.0 cm³/mol. The zero-order valence-corrected chi connectivity index (χ0v) is 12.0. The average molecular weight is 317 g/mol. The monoisotopic (exact) mass is 317 g/mol. The molecular formula is C14H11N3O4S. The van der Waals surface area contributed by atoms with Crippen molar-refractivity contribution in [2.24, 2.45) is 5.14 Å². The van der Waals surface area contributed by atoms with Crippen LogP contribution in [0.3, 0.4) is 0 Å². The molecule has 0 radical (unpaired) electrons. The van der Waals surface area contributed by atoms with Gasteiger partial charge in [-0.25, -0.2) is 18.5 Å². The lowest BCUT2D eigenvalue weighted by Crippen LogP contribution is -2.18. The van der Waals surface area contributed by atoms with Crippen LogP contribution in [0.2, 0.25) is 0 Å². The molecule has 0 fully saturated rings. The maximum atomic E-state index is 11.8. The molecule has 3 rings (SSSR count). The number of primary sulfonamides is 1. The van der Waals surface area contributed by atoms with Crippen molar-refractivity contribution in [2.45, 2.75) is 4.90 Å². The maximum absolute atomic E-state index is 11.8. The van der Waals surface area contributed by atoms with Crippen LogP contribution in [-0.2, 0) is 10.0 Å². The summed E-state index contributed by atoms with van der Waals surface area (Å²) in [6, 6.07) is 10.5. The van der Waals surface area contributed by atoms with Crippen molar-refractivity contribution < 1.29 is 13.6 Å². The fourth-order valence-electron chi connectivity index (χ4n) is 2.22. The summed E-state index contributed by atoms with van der Waals surface area (Å²) in [5.41, 5.74) is 0.374. The number of pyridine rings is 2. The van der Waals surface area contributed by atoms with Gasteiger partial charge in [-0.1, -0.05) is 12.1 Å². The molecule has 0 atom stereocenters. The Morgan fingerprint density at radius 3 is 2.64 bits per heavy atom. The van der Waals surface area contributed by atoms with Crippen LogP contribution in [0.25, 0.3) is 22.2 Å². The molecule has 0 aliphatic heterocycles. The number of nitrogens with two attached hydrogens (primary N) is 1. The minimum absolute atomic E-state index is 0.0600. The van der Waals surface area contributed by atoms with Crippen molar-refractivity contribution in [1.29, 1.82) is 0 Å². The molecule has 0 aliphatic carbocycles. The van der Waals surface area contributed by atoms with Gasteiger partial charge in [-0.15, -0.1) is 4.73 Å². The second-order valence-corrected chi connectivity index (χ2v) is 6.22. The summed E-state index contributed by atoms with van der Waals surface area (Å²) in [5.74, 6) is 0. The van der Waals surface area contributed by atoms with Crippen LogP contribution in [-0.4, -0.2) is 23.3 Å². The van der Waals surface area contributed by atoms with Crippen LogP contribution in [0.5, 0.6) is 0 Å². The molecule has 1 aromatic carbocycles. The first-order valence-electron chi connectivity index (χ1n) is 6.21. The molecule has 7 nitrogen and oxygen atoms in total. The normalized spacial score (nSPS) is 11.7. The molecule has 2 heterocycles. The second kappa shape index (κ2) is 4.93. The van der Waals surface area contributed by atoms with Crippen LogP contribution in [0, 0.1) is 0 Å². The Hall–Kier alpha value is -2.71. The molecule has 0 bridgehead atoms. The van der Waals surface area contributed by atoms with Gasteiger partial charge in [0.2, 0.25) is 10.0 Å². The Kier molecular flexibility index (Phi) is 3.19. The van der Waals surface area contributed by atoms with E-state index in [9.17, 15) is 18.4 Å². The minimum atomic E-state index is -3.85. The van der Waals surface area contributed by atoms with Crippen molar-refractivity contribution in [3.8, 4) is 11.1 Å². The maximum Gasteiger partial charge on any atom is 0.285 e. The quantitative estimate of drug-likeness (QED) is 0.683. The van der Waals surface area contributed by atoms with Crippen LogP contribution >= 0.6 is 0 Å². The fourth-order valence-corrected chi connectivity index (χ4v) is 2.78. The number of fused-ring (bicyclic) bond motifs is 1. The van der Waals surface area contributed by atoms with Crippen LogP contribution < -0.4 is 10.7 Å². The fraction of sp³-hybridized carbons (Fsp3) is 0. The third kappa shape index (κ3) is 2.34. The van der Waals surface area contributed by atoms with Crippen molar-refractivity contribution in [2.75, 3.05) is 0 Å². The smallest absolute Gasteiger partial charge is 0.285 e. The minimum Gasteiger partial charge on any atom is -0.423 e. The number of hydrogen-bond donors (Lipinski definition) is 2. The Labute approximate surface area is 125 Å². The topological polar surface area (TPSA) is 115 Å². The molecule has 2 aromatic heterocycles. The number of benzene rings is 1. The van der Waals surface area contributed by atoms with E-state index in [-0.39, 0.29) is 10.5 Å². The average Bonchev–Trinajstić information content (AvgIpc) is 2.50. The molecule has 0 aliphatic rings. The SMILES string of the molecule is NS(=O)(=O)c1cccc(-c2cc(=O)n(O)c3ncccc23)c1. The van der Waals surface area contributed by atoms with Gasteiger partial charge in [0.25, 0.3) is 5.56 Å². The van der Waals surface area contributed by atoms with Crippen LogP contribution in [0.15, 0.2) is 58.4 Å². The van der Waals surface area contributed by atoms with E-state index in [1.54, 1.807) is 18.2 Å². The summed E-state index contributed by atoms with van der Waals surface area (Å²) in [6.07, 6.45) is 1.44. The molecule has 0 saturated carbocycles. The van der Waals surface area contributed by atoms with E-state index < -0.39 is 15.6 Å². The first-order chi connectivity index (χ1) is 10.4. The molecule has 112 valence electrons. The summed E-state index contributed by atoms with van der Waals surface area (Å²) in [7, 11) is -3.85. The highest BCUT2D eigenvalue weighted by molar-refractivity contribution is 7.89. The summed E-state index contributed by atoms with van der Waals surface area (Å²) in [6.45, 7) is 0. The van der Waals surface area contributed by atoms with E-state index in [4.69, 9.17) is 5.14 Å². The lowest BCUT2D eigenvalue weighted by molar-refractivity contribution is 0.187. The Morgan fingerprint density at radius 1 is 1.14 bits per heavy atom. The first-order valence-corrected chi connectivity index (χ1v) is 7.76.